The first-order valence-corrected chi connectivity index (χ1v) is 8.88. The molecule has 0 bridgehead atoms. The lowest BCUT2D eigenvalue weighted by Gasteiger charge is -2.46. The highest BCUT2D eigenvalue weighted by Crippen LogP contribution is 2.32. The molecule has 26 heavy (non-hydrogen) atoms. The van der Waals surface area contributed by atoms with Crippen molar-refractivity contribution < 1.29 is 0 Å². The Morgan fingerprint density at radius 3 is 2.31 bits per heavy atom. The number of hydrogen-bond donors (Lipinski definition) is 3. The van der Waals surface area contributed by atoms with E-state index >= 15 is 0 Å². The third-order valence-electron chi connectivity index (χ3n) is 4.62. The van der Waals surface area contributed by atoms with Gasteiger partial charge in [0.05, 0.1) is 5.69 Å². The second-order valence-corrected chi connectivity index (χ2v) is 8.27. The van der Waals surface area contributed by atoms with E-state index in [1.54, 1.807) is 0 Å². The molecule has 1 aliphatic rings. The maximum Gasteiger partial charge on any atom is 0.222 e. The minimum absolute atomic E-state index is 0.00689. The zero-order valence-corrected chi connectivity index (χ0v) is 15.8. The molecule has 4 N–H and O–H groups in total. The molecule has 1 fully saturated rings. The highest BCUT2D eigenvalue weighted by Gasteiger charge is 2.38. The predicted molar refractivity (Wildman–Crippen MR) is 105 cm³/mol. The Labute approximate surface area is 154 Å². The SMILES string of the molecule is CC1(C)CC(Nc2nc(N)nc(-c3ccccc3)c2C#N)CC(C)(C)N1. The third kappa shape index (κ3) is 3.94. The van der Waals surface area contributed by atoms with E-state index in [1.165, 1.54) is 0 Å². The topological polar surface area (TPSA) is 99.7 Å². The van der Waals surface area contributed by atoms with Gasteiger partial charge in [-0.05, 0) is 40.5 Å². The van der Waals surface area contributed by atoms with E-state index in [9.17, 15) is 5.26 Å². The number of piperidine rings is 1. The highest BCUT2D eigenvalue weighted by molar-refractivity contribution is 5.74. The Kier molecular flexibility index (Phi) is 4.59. The van der Waals surface area contributed by atoms with Crippen LogP contribution in [0.15, 0.2) is 30.3 Å². The summed E-state index contributed by atoms with van der Waals surface area (Å²) in [5, 5.41) is 16.9. The molecule has 0 radical (unpaired) electrons. The van der Waals surface area contributed by atoms with Crippen LogP contribution in [0.1, 0.15) is 46.1 Å². The quantitative estimate of drug-likeness (QED) is 0.785. The van der Waals surface area contributed by atoms with Crippen LogP contribution in [0.5, 0.6) is 0 Å². The van der Waals surface area contributed by atoms with Gasteiger partial charge in [-0.25, -0.2) is 4.98 Å². The molecular formula is C20H26N6. The van der Waals surface area contributed by atoms with Crippen molar-refractivity contribution in [2.45, 2.75) is 57.7 Å². The summed E-state index contributed by atoms with van der Waals surface area (Å²) in [6.45, 7) is 8.77. The number of nitrogens with two attached hydrogens (primary N) is 1. The van der Waals surface area contributed by atoms with E-state index in [0.717, 1.165) is 18.4 Å². The summed E-state index contributed by atoms with van der Waals surface area (Å²) in [7, 11) is 0. The van der Waals surface area contributed by atoms with Crippen molar-refractivity contribution in [2.24, 2.45) is 0 Å². The predicted octanol–water partition coefficient (Wildman–Crippen LogP) is 3.32. The van der Waals surface area contributed by atoms with Gasteiger partial charge in [0.1, 0.15) is 11.6 Å². The third-order valence-corrected chi connectivity index (χ3v) is 4.62. The largest absolute Gasteiger partial charge is 0.368 e. The summed E-state index contributed by atoms with van der Waals surface area (Å²) >= 11 is 0. The standard InChI is InChI=1S/C20H26N6/c1-19(2)10-14(11-20(3,4)26-19)23-17-15(12-21)16(24-18(22)25-17)13-8-6-5-7-9-13/h5-9,14,26H,10-11H2,1-4H3,(H3,22,23,24,25). The average Bonchev–Trinajstić information content (AvgIpc) is 2.52. The molecule has 2 aromatic rings. The molecule has 6 heteroatoms. The molecule has 0 unspecified atom stereocenters. The fraction of sp³-hybridized carbons (Fsp3) is 0.450. The van der Waals surface area contributed by atoms with Crippen molar-refractivity contribution >= 4 is 11.8 Å². The van der Waals surface area contributed by atoms with Crippen molar-refractivity contribution in [2.75, 3.05) is 11.1 Å². The van der Waals surface area contributed by atoms with Gasteiger partial charge in [-0.1, -0.05) is 30.3 Å². The molecule has 2 heterocycles. The first kappa shape index (κ1) is 18.2. The first-order chi connectivity index (χ1) is 12.2. The maximum absolute atomic E-state index is 9.76. The van der Waals surface area contributed by atoms with E-state index in [-0.39, 0.29) is 23.1 Å². The van der Waals surface area contributed by atoms with Crippen LogP contribution in [-0.2, 0) is 0 Å². The van der Waals surface area contributed by atoms with E-state index in [0.29, 0.717) is 17.1 Å². The second-order valence-electron chi connectivity index (χ2n) is 8.27. The number of nitrogen functional groups attached to an aromatic ring is 1. The summed E-state index contributed by atoms with van der Waals surface area (Å²) in [6, 6.07) is 12.1. The Balaban J connectivity index is 1.98. The lowest BCUT2D eigenvalue weighted by Crippen LogP contribution is -2.60. The second kappa shape index (κ2) is 6.58. The van der Waals surface area contributed by atoms with Crippen LogP contribution < -0.4 is 16.4 Å². The lowest BCUT2D eigenvalue weighted by atomic mass is 9.79. The molecule has 1 aliphatic heterocycles. The summed E-state index contributed by atoms with van der Waals surface area (Å²) in [5.41, 5.74) is 7.78. The average molecular weight is 350 g/mol. The number of nitrogens with zero attached hydrogens (tertiary/aromatic N) is 3. The molecule has 0 saturated carbocycles. The van der Waals surface area contributed by atoms with Gasteiger partial charge in [0.2, 0.25) is 5.95 Å². The van der Waals surface area contributed by atoms with E-state index in [4.69, 9.17) is 5.73 Å². The van der Waals surface area contributed by atoms with Gasteiger partial charge in [0.15, 0.2) is 5.82 Å². The Hall–Kier alpha value is -2.65. The number of anilines is 2. The minimum atomic E-state index is -0.00689. The van der Waals surface area contributed by atoms with E-state index < -0.39 is 0 Å². The number of nitriles is 1. The Bertz CT molecular complexity index is 819. The van der Waals surface area contributed by atoms with E-state index in [1.807, 2.05) is 30.3 Å². The van der Waals surface area contributed by atoms with E-state index in [2.05, 4.69) is 54.4 Å². The van der Waals surface area contributed by atoms with Crippen LogP contribution in [0.2, 0.25) is 0 Å². The molecule has 0 spiro atoms. The van der Waals surface area contributed by atoms with Crippen LogP contribution in [0, 0.1) is 11.3 Å². The molecular weight excluding hydrogens is 324 g/mol. The number of benzene rings is 1. The molecule has 3 rings (SSSR count). The number of hydrogen-bond acceptors (Lipinski definition) is 6. The molecule has 6 nitrogen and oxygen atoms in total. The van der Waals surface area contributed by atoms with Gasteiger partial charge < -0.3 is 16.4 Å². The zero-order chi connectivity index (χ0) is 18.9. The van der Waals surface area contributed by atoms with Gasteiger partial charge >= 0.3 is 0 Å². The van der Waals surface area contributed by atoms with Crippen molar-refractivity contribution in [1.82, 2.24) is 15.3 Å². The van der Waals surface area contributed by atoms with Gasteiger partial charge in [-0.15, -0.1) is 0 Å². The zero-order valence-electron chi connectivity index (χ0n) is 15.8. The van der Waals surface area contributed by atoms with Gasteiger partial charge in [-0.3, -0.25) is 0 Å². The Morgan fingerprint density at radius 2 is 1.73 bits per heavy atom. The minimum Gasteiger partial charge on any atom is -0.368 e. The summed E-state index contributed by atoms with van der Waals surface area (Å²) < 4.78 is 0. The molecule has 0 atom stereocenters. The van der Waals surface area contributed by atoms with Crippen LogP contribution >= 0.6 is 0 Å². The molecule has 0 aliphatic carbocycles. The molecule has 1 aromatic carbocycles. The van der Waals surface area contributed by atoms with Gasteiger partial charge in [0, 0.05) is 22.7 Å². The molecule has 1 aromatic heterocycles. The van der Waals surface area contributed by atoms with Crippen LogP contribution in [0.3, 0.4) is 0 Å². The number of aromatic nitrogens is 2. The van der Waals surface area contributed by atoms with Crippen molar-refractivity contribution in [1.29, 1.82) is 5.26 Å². The lowest BCUT2D eigenvalue weighted by molar-refractivity contribution is 0.170. The van der Waals surface area contributed by atoms with Crippen LogP contribution in [0.4, 0.5) is 11.8 Å². The van der Waals surface area contributed by atoms with Crippen molar-refractivity contribution in [3.63, 3.8) is 0 Å². The van der Waals surface area contributed by atoms with Crippen molar-refractivity contribution in [3.8, 4) is 17.3 Å². The summed E-state index contributed by atoms with van der Waals surface area (Å²) in [4.78, 5) is 8.65. The molecule has 1 saturated heterocycles. The monoisotopic (exact) mass is 350 g/mol. The number of nitrogens with one attached hydrogen (secondary N) is 2. The maximum atomic E-state index is 9.76. The smallest absolute Gasteiger partial charge is 0.222 e. The first-order valence-electron chi connectivity index (χ1n) is 8.88. The molecule has 136 valence electrons. The summed E-state index contributed by atoms with van der Waals surface area (Å²) in [5.74, 6) is 0.676. The van der Waals surface area contributed by atoms with Gasteiger partial charge in [-0.2, -0.15) is 10.2 Å². The highest BCUT2D eigenvalue weighted by atomic mass is 15.1. The molecule has 0 amide bonds. The fourth-order valence-corrected chi connectivity index (χ4v) is 4.11. The fourth-order valence-electron chi connectivity index (χ4n) is 4.11. The number of rotatable bonds is 3. The van der Waals surface area contributed by atoms with Gasteiger partial charge in [0.25, 0.3) is 0 Å². The summed E-state index contributed by atoms with van der Waals surface area (Å²) in [6.07, 6.45) is 1.84. The Morgan fingerprint density at radius 1 is 1.12 bits per heavy atom. The normalized spacial score (nSPS) is 18.9. The van der Waals surface area contributed by atoms with Crippen LogP contribution in [0.25, 0.3) is 11.3 Å². The van der Waals surface area contributed by atoms with Crippen LogP contribution in [-0.4, -0.2) is 27.1 Å². The van der Waals surface area contributed by atoms with Crippen molar-refractivity contribution in [3.05, 3.63) is 35.9 Å².